The fourth-order valence-corrected chi connectivity index (χ4v) is 3.95. The molecule has 10 heteroatoms. The van der Waals surface area contributed by atoms with Gasteiger partial charge in [-0.1, -0.05) is 6.07 Å². The molecule has 3 heterocycles. The fraction of sp³-hybridized carbons (Fsp3) is 0.700. The van der Waals surface area contributed by atoms with Crippen molar-refractivity contribution in [2.75, 3.05) is 46.6 Å². The van der Waals surface area contributed by atoms with Crippen molar-refractivity contribution in [2.24, 2.45) is 17.3 Å². The summed E-state index contributed by atoms with van der Waals surface area (Å²) < 4.78 is 49.0. The third-order valence-corrected chi connectivity index (χ3v) is 5.71. The van der Waals surface area contributed by atoms with Crippen molar-refractivity contribution in [1.82, 2.24) is 9.88 Å². The number of hydrogen-bond donors (Lipinski definition) is 1. The first-order valence-electron chi connectivity index (χ1n) is 9.89. The zero-order valence-corrected chi connectivity index (χ0v) is 16.9. The van der Waals surface area contributed by atoms with Crippen LogP contribution in [0.2, 0.25) is 0 Å². The third-order valence-electron chi connectivity index (χ3n) is 5.71. The first-order chi connectivity index (χ1) is 14.2. The van der Waals surface area contributed by atoms with Gasteiger partial charge in [0.1, 0.15) is 0 Å². The van der Waals surface area contributed by atoms with Gasteiger partial charge >= 0.3 is 12.1 Å². The van der Waals surface area contributed by atoms with Crippen molar-refractivity contribution in [3.8, 4) is 5.88 Å². The van der Waals surface area contributed by atoms with Gasteiger partial charge in [0, 0.05) is 49.3 Å². The van der Waals surface area contributed by atoms with E-state index in [1.807, 2.05) is 6.07 Å². The van der Waals surface area contributed by atoms with Crippen LogP contribution in [0.1, 0.15) is 18.4 Å². The monoisotopic (exact) mass is 432 g/mol. The smallest absolute Gasteiger partial charge is 0.481 e. The molecule has 0 bridgehead atoms. The Labute approximate surface area is 173 Å². The number of halogens is 3. The van der Waals surface area contributed by atoms with Crippen molar-refractivity contribution in [3.63, 3.8) is 0 Å². The van der Waals surface area contributed by atoms with Gasteiger partial charge in [-0.3, -0.25) is 4.90 Å². The molecule has 30 heavy (non-hydrogen) atoms. The van der Waals surface area contributed by atoms with Crippen LogP contribution in [0.3, 0.4) is 0 Å². The second-order valence-electron chi connectivity index (χ2n) is 8.18. The molecular weight excluding hydrogens is 405 g/mol. The molecule has 2 atom stereocenters. The number of likely N-dealkylation sites (tertiary alicyclic amines) is 1. The average Bonchev–Trinajstić information content (AvgIpc) is 3.33. The van der Waals surface area contributed by atoms with Crippen LogP contribution in [0.25, 0.3) is 0 Å². The maximum Gasteiger partial charge on any atom is 0.490 e. The van der Waals surface area contributed by atoms with Gasteiger partial charge in [0.2, 0.25) is 5.88 Å². The van der Waals surface area contributed by atoms with Crippen molar-refractivity contribution >= 4 is 5.97 Å². The molecule has 168 valence electrons. The predicted octanol–water partition coefficient (Wildman–Crippen LogP) is 2.60. The Balaban J connectivity index is 0.000000318. The number of aliphatic carboxylic acids is 1. The Morgan fingerprint density at radius 3 is 2.80 bits per heavy atom. The number of carbonyl (C=O) groups is 1. The maximum atomic E-state index is 10.6. The van der Waals surface area contributed by atoms with Crippen LogP contribution in [0.15, 0.2) is 18.3 Å². The molecule has 1 aliphatic carbocycles. The highest BCUT2D eigenvalue weighted by atomic mass is 19.4. The number of methoxy groups -OCH3 is 1. The van der Waals surface area contributed by atoms with Crippen LogP contribution < -0.4 is 4.74 Å². The number of ether oxygens (including phenoxy) is 3. The van der Waals surface area contributed by atoms with E-state index in [0.29, 0.717) is 5.92 Å². The number of pyridine rings is 1. The quantitative estimate of drug-likeness (QED) is 0.709. The van der Waals surface area contributed by atoms with E-state index < -0.39 is 12.1 Å². The molecule has 3 aliphatic rings. The lowest BCUT2D eigenvalue weighted by Crippen LogP contribution is -2.36. The molecule has 2 aliphatic heterocycles. The van der Waals surface area contributed by atoms with Gasteiger partial charge in [-0.2, -0.15) is 13.2 Å². The van der Waals surface area contributed by atoms with Crippen molar-refractivity contribution in [1.29, 1.82) is 0 Å². The van der Waals surface area contributed by atoms with E-state index in [9.17, 15) is 13.2 Å². The van der Waals surface area contributed by atoms with E-state index in [-0.39, 0.29) is 5.41 Å². The zero-order chi connectivity index (χ0) is 21.8. The number of fused-ring (bicyclic) bond motifs is 1. The third kappa shape index (κ3) is 5.83. The minimum Gasteiger partial charge on any atom is -0.481 e. The van der Waals surface area contributed by atoms with Crippen molar-refractivity contribution in [2.45, 2.75) is 25.6 Å². The maximum absolute atomic E-state index is 10.6. The molecule has 1 N–H and O–H groups in total. The minimum atomic E-state index is -5.08. The highest BCUT2D eigenvalue weighted by Gasteiger charge is 2.51. The van der Waals surface area contributed by atoms with E-state index in [1.54, 1.807) is 13.3 Å². The number of alkyl halides is 3. The zero-order valence-electron chi connectivity index (χ0n) is 16.9. The molecule has 1 aromatic rings. The van der Waals surface area contributed by atoms with Crippen LogP contribution in [0, 0.1) is 17.3 Å². The van der Waals surface area contributed by atoms with Gasteiger partial charge in [-0.25, -0.2) is 9.78 Å². The molecule has 4 rings (SSSR count). The number of hydrogen-bond acceptors (Lipinski definition) is 6. The lowest BCUT2D eigenvalue weighted by atomic mass is 9.82. The second kappa shape index (κ2) is 9.49. The molecule has 1 aromatic heterocycles. The van der Waals surface area contributed by atoms with Crippen LogP contribution in [0.5, 0.6) is 5.88 Å². The number of carboxylic acids is 1. The Morgan fingerprint density at radius 1 is 1.43 bits per heavy atom. The van der Waals surface area contributed by atoms with Crippen molar-refractivity contribution in [3.05, 3.63) is 23.9 Å². The molecular formula is C20H27F3N2O5. The van der Waals surface area contributed by atoms with E-state index in [0.717, 1.165) is 63.4 Å². The SMILES string of the molecule is COc1ncccc1CN1C[C@@H]2COC[C@]2(COCC2CC2)C1.O=C(O)C(F)(F)F. The second-order valence-corrected chi connectivity index (χ2v) is 8.18. The Morgan fingerprint density at radius 2 is 2.17 bits per heavy atom. The topological polar surface area (TPSA) is 81.1 Å². The van der Waals surface area contributed by atoms with Crippen molar-refractivity contribution < 1.29 is 37.3 Å². The first-order valence-corrected chi connectivity index (χ1v) is 9.89. The summed E-state index contributed by atoms with van der Waals surface area (Å²) in [5, 5.41) is 7.12. The molecule has 1 saturated carbocycles. The highest BCUT2D eigenvalue weighted by molar-refractivity contribution is 5.73. The van der Waals surface area contributed by atoms with Crippen LogP contribution >= 0.6 is 0 Å². The molecule has 0 aromatic carbocycles. The number of rotatable bonds is 7. The summed E-state index contributed by atoms with van der Waals surface area (Å²) in [4.78, 5) is 15.7. The van der Waals surface area contributed by atoms with Gasteiger partial charge < -0.3 is 19.3 Å². The van der Waals surface area contributed by atoms with Gasteiger partial charge in [-0.05, 0) is 24.8 Å². The van der Waals surface area contributed by atoms with E-state index in [4.69, 9.17) is 24.1 Å². The predicted molar refractivity (Wildman–Crippen MR) is 100 cm³/mol. The highest BCUT2D eigenvalue weighted by Crippen LogP contribution is 2.42. The Kier molecular flexibility index (Phi) is 7.20. The van der Waals surface area contributed by atoms with Crippen LogP contribution in [-0.2, 0) is 20.8 Å². The summed E-state index contributed by atoms with van der Waals surface area (Å²) >= 11 is 0. The van der Waals surface area contributed by atoms with Gasteiger partial charge in [0.05, 0.1) is 26.9 Å². The minimum absolute atomic E-state index is 0.185. The summed E-state index contributed by atoms with van der Waals surface area (Å²) in [6.45, 7) is 6.49. The normalized spacial score (nSPS) is 26.1. The van der Waals surface area contributed by atoms with Gasteiger partial charge in [0.25, 0.3) is 0 Å². The molecule has 2 saturated heterocycles. The van der Waals surface area contributed by atoms with Crippen LogP contribution in [-0.4, -0.2) is 73.8 Å². The summed E-state index contributed by atoms with van der Waals surface area (Å²) in [7, 11) is 1.69. The lowest BCUT2D eigenvalue weighted by Gasteiger charge is -2.27. The Bertz CT molecular complexity index is 729. The summed E-state index contributed by atoms with van der Waals surface area (Å²) in [5.74, 6) is -0.610. The lowest BCUT2D eigenvalue weighted by molar-refractivity contribution is -0.192. The molecule has 0 radical (unpaired) electrons. The van der Waals surface area contributed by atoms with E-state index >= 15 is 0 Å². The van der Waals surface area contributed by atoms with E-state index in [1.165, 1.54) is 12.8 Å². The molecule has 0 unspecified atom stereocenters. The van der Waals surface area contributed by atoms with Gasteiger partial charge in [-0.15, -0.1) is 0 Å². The Hall–Kier alpha value is -1.91. The number of carboxylic acid groups (broad SMARTS) is 1. The summed E-state index contributed by atoms with van der Waals surface area (Å²) in [5.41, 5.74) is 1.34. The molecule has 3 fully saturated rings. The average molecular weight is 432 g/mol. The molecule has 0 spiro atoms. The number of aromatic nitrogens is 1. The standard InChI is InChI=1S/C18H26N2O3.C2HF3O2/c1-21-17-15(3-2-6-19-17)7-20-8-16-10-23-13-18(16,11-20)12-22-9-14-4-5-14;3-2(4,5)1(6)7/h2-3,6,14,16H,4-5,7-13H2,1H3;(H,6,7)/t16-,18-;/m1./s1. The summed E-state index contributed by atoms with van der Waals surface area (Å²) in [6.07, 6.45) is -0.609. The van der Waals surface area contributed by atoms with Crippen LogP contribution in [0.4, 0.5) is 13.2 Å². The van der Waals surface area contributed by atoms with Gasteiger partial charge in [0.15, 0.2) is 0 Å². The summed E-state index contributed by atoms with van der Waals surface area (Å²) in [6, 6.07) is 4.08. The fourth-order valence-electron chi connectivity index (χ4n) is 3.95. The molecule has 0 amide bonds. The first kappa shape index (κ1) is 22.8. The largest absolute Gasteiger partial charge is 0.490 e. The number of nitrogens with zero attached hydrogens (tertiary/aromatic N) is 2. The van der Waals surface area contributed by atoms with E-state index in [2.05, 4.69) is 16.0 Å². The molecule has 7 nitrogen and oxygen atoms in total.